The van der Waals surface area contributed by atoms with Gasteiger partial charge in [-0.1, -0.05) is 18.2 Å². The fraction of sp³-hybridized carbons (Fsp3) is 0.577. The lowest BCUT2D eigenvalue weighted by molar-refractivity contribution is -0.146. The van der Waals surface area contributed by atoms with Crippen LogP contribution in [0.2, 0.25) is 0 Å². The fourth-order valence-corrected chi connectivity index (χ4v) is 7.37. The number of oxime groups is 1. The molecular weight excluding hydrogens is 452 g/mol. The van der Waals surface area contributed by atoms with Crippen LogP contribution in [0, 0.1) is 22.7 Å². The first-order chi connectivity index (χ1) is 16.5. The van der Waals surface area contributed by atoms with Crippen molar-refractivity contribution in [3.8, 4) is 11.5 Å². The smallest absolute Gasteiger partial charge is 0.339 e. The molecule has 1 spiro atoms. The number of hydrogen-bond donors (Lipinski definition) is 4. The van der Waals surface area contributed by atoms with E-state index < -0.39 is 34.4 Å². The molecule has 6 rings (SSSR count). The minimum atomic E-state index is -1.36. The number of rotatable bonds is 7. The highest BCUT2D eigenvalue weighted by Crippen LogP contribution is 2.71. The summed E-state index contributed by atoms with van der Waals surface area (Å²) in [5.74, 6) is -2.20. The van der Waals surface area contributed by atoms with Crippen LogP contribution in [0.25, 0.3) is 0 Å². The van der Waals surface area contributed by atoms with Gasteiger partial charge in [0.05, 0.1) is 17.4 Å². The Balaban J connectivity index is 1.41. The highest BCUT2D eigenvalue weighted by Gasteiger charge is 2.71. The molecule has 35 heavy (non-hydrogen) atoms. The van der Waals surface area contributed by atoms with E-state index in [1.807, 2.05) is 6.92 Å². The zero-order chi connectivity index (χ0) is 25.2. The van der Waals surface area contributed by atoms with Gasteiger partial charge < -0.3 is 30.2 Å². The third-order valence-corrected chi connectivity index (χ3v) is 8.76. The molecule has 5 aliphatic rings. The molecule has 2 saturated heterocycles. The topological polar surface area (TPSA) is 138 Å². The second-order valence-electron chi connectivity index (χ2n) is 10.8. The molecule has 0 unspecified atom stereocenters. The summed E-state index contributed by atoms with van der Waals surface area (Å²) < 4.78 is 6.57. The van der Waals surface area contributed by atoms with Gasteiger partial charge in [-0.3, -0.25) is 4.79 Å². The molecule has 1 aromatic carbocycles. The summed E-state index contributed by atoms with van der Waals surface area (Å²) in [7, 11) is 0. The van der Waals surface area contributed by atoms with Crippen molar-refractivity contribution in [3.63, 3.8) is 0 Å². The number of nitrogens with one attached hydrogen (secondary N) is 1. The molecule has 1 amide bonds. The molecule has 4 N–H and O–H groups in total. The van der Waals surface area contributed by atoms with Crippen molar-refractivity contribution in [2.24, 2.45) is 27.8 Å². The van der Waals surface area contributed by atoms with Gasteiger partial charge in [0.25, 0.3) is 0 Å². The molecule has 0 radical (unpaired) electrons. The lowest BCUT2D eigenvalue weighted by Crippen LogP contribution is -2.56. The van der Waals surface area contributed by atoms with Crippen molar-refractivity contribution in [1.82, 2.24) is 0 Å². The summed E-state index contributed by atoms with van der Waals surface area (Å²) in [6, 6.07) is 2.21. The van der Waals surface area contributed by atoms with Crippen LogP contribution < -0.4 is 5.32 Å². The number of carbonyl (C=O) groups excluding carboxylic acids is 1. The standard InChI is InChI=1S/C26H32N2O7/c1-4-34-28-18-7-10-26-12-14-11-17(35-25(14,3)13-26)22(26)24(18,2)9-8-19(30)27-20-16(29)6-5-15(21(20)31)23(32)33/h5-7,10,14,17,22,29,31H,4,8-9,11-13H2,1-3H3,(H,27,30)(H,32,33)/b28-18+/t14-,17+,22+,24-,25+,26+/m1/s1. The van der Waals surface area contributed by atoms with Gasteiger partial charge in [-0.25, -0.2) is 4.79 Å². The Hall–Kier alpha value is -3.07. The van der Waals surface area contributed by atoms with E-state index in [4.69, 9.17) is 9.57 Å². The maximum absolute atomic E-state index is 13.0. The lowest BCUT2D eigenvalue weighted by atomic mass is 9.51. The van der Waals surface area contributed by atoms with Crippen molar-refractivity contribution in [3.05, 3.63) is 29.8 Å². The number of allylic oxidation sites excluding steroid dienone is 2. The second kappa shape index (κ2) is 7.98. The number of carbonyl (C=O) groups is 2. The minimum Gasteiger partial charge on any atom is -0.506 e. The molecule has 4 fully saturated rings. The number of aromatic carboxylic acids is 1. The van der Waals surface area contributed by atoms with Crippen LogP contribution in [0.15, 0.2) is 29.4 Å². The number of ether oxygens (including phenoxy) is 1. The van der Waals surface area contributed by atoms with E-state index in [2.05, 4.69) is 36.5 Å². The monoisotopic (exact) mass is 484 g/mol. The van der Waals surface area contributed by atoms with Crippen molar-refractivity contribution in [1.29, 1.82) is 0 Å². The van der Waals surface area contributed by atoms with Crippen molar-refractivity contribution < 1.29 is 34.5 Å². The zero-order valence-electron chi connectivity index (χ0n) is 20.2. The molecule has 2 saturated carbocycles. The highest BCUT2D eigenvalue weighted by molar-refractivity contribution is 6.02. The minimum absolute atomic E-state index is 0.00337. The predicted molar refractivity (Wildman–Crippen MR) is 127 cm³/mol. The Morgan fingerprint density at radius 2 is 2.06 bits per heavy atom. The number of benzene rings is 1. The van der Waals surface area contributed by atoms with Gasteiger partial charge in [-0.2, -0.15) is 0 Å². The predicted octanol–water partition coefficient (Wildman–Crippen LogP) is 4.06. The van der Waals surface area contributed by atoms with Crippen molar-refractivity contribution in [2.75, 3.05) is 11.9 Å². The lowest BCUT2D eigenvalue weighted by Gasteiger charge is -2.56. The van der Waals surface area contributed by atoms with E-state index in [1.54, 1.807) is 0 Å². The summed E-state index contributed by atoms with van der Waals surface area (Å²) in [5, 5.41) is 36.5. The van der Waals surface area contributed by atoms with Crippen molar-refractivity contribution >= 4 is 23.3 Å². The van der Waals surface area contributed by atoms with Crippen LogP contribution in [0.5, 0.6) is 11.5 Å². The summed E-state index contributed by atoms with van der Waals surface area (Å²) in [6.07, 6.45) is 7.97. The largest absolute Gasteiger partial charge is 0.506 e. The molecule has 0 aromatic heterocycles. The normalized spacial score (nSPS) is 37.5. The number of phenolic OH excluding ortho intramolecular Hbond substituents is 1. The molecular formula is C26H32N2O7. The first-order valence-electron chi connectivity index (χ1n) is 12.2. The summed E-state index contributed by atoms with van der Waals surface area (Å²) in [4.78, 5) is 29.7. The van der Waals surface area contributed by atoms with Crippen LogP contribution in [0.1, 0.15) is 63.2 Å². The average Bonchev–Trinajstić information content (AvgIpc) is 3.15. The molecule has 188 valence electrons. The van der Waals surface area contributed by atoms with Crippen LogP contribution in [-0.2, 0) is 14.4 Å². The number of carboxylic acid groups (broad SMARTS) is 1. The molecule has 6 atom stereocenters. The Kier molecular flexibility index (Phi) is 5.39. The van der Waals surface area contributed by atoms with Gasteiger partial charge >= 0.3 is 5.97 Å². The zero-order valence-corrected chi connectivity index (χ0v) is 20.2. The summed E-state index contributed by atoms with van der Waals surface area (Å²) >= 11 is 0. The Bertz CT molecular complexity index is 1150. The number of phenols is 2. The van der Waals surface area contributed by atoms with Crippen LogP contribution in [-0.4, -0.2) is 51.2 Å². The molecule has 9 nitrogen and oxygen atoms in total. The van der Waals surface area contributed by atoms with E-state index in [0.29, 0.717) is 18.9 Å². The maximum atomic E-state index is 13.0. The number of nitrogens with zero attached hydrogens (tertiary/aromatic N) is 1. The first-order valence-corrected chi connectivity index (χ1v) is 12.2. The quantitative estimate of drug-likeness (QED) is 0.338. The van der Waals surface area contributed by atoms with Gasteiger partial charge in [-0.05, 0) is 69.1 Å². The van der Waals surface area contributed by atoms with Crippen LogP contribution in [0.3, 0.4) is 0 Å². The Morgan fingerprint density at radius 1 is 1.29 bits per heavy atom. The number of aromatic hydroxyl groups is 2. The fourth-order valence-electron chi connectivity index (χ4n) is 7.37. The third-order valence-electron chi connectivity index (χ3n) is 8.76. The Labute approximate surface area is 203 Å². The third kappa shape index (κ3) is 3.51. The summed E-state index contributed by atoms with van der Waals surface area (Å²) in [5.41, 5.74) is -0.512. The van der Waals surface area contributed by atoms with Crippen LogP contribution >= 0.6 is 0 Å². The van der Waals surface area contributed by atoms with E-state index in [-0.39, 0.29) is 35.1 Å². The molecule has 2 aliphatic heterocycles. The van der Waals surface area contributed by atoms with Gasteiger partial charge in [0.1, 0.15) is 23.6 Å². The van der Waals surface area contributed by atoms with E-state index >= 15 is 0 Å². The van der Waals surface area contributed by atoms with E-state index in [0.717, 1.165) is 37.1 Å². The van der Waals surface area contributed by atoms with Gasteiger partial charge in [0.2, 0.25) is 5.91 Å². The van der Waals surface area contributed by atoms with Gasteiger partial charge in [0.15, 0.2) is 5.75 Å². The van der Waals surface area contributed by atoms with Gasteiger partial charge in [0, 0.05) is 17.8 Å². The molecule has 9 heteroatoms. The molecule has 2 heterocycles. The molecule has 4 bridgehead atoms. The number of anilines is 1. The SMILES string of the molecule is CCO/N=C1\C=C[C@]23C[C@H]4C[C@H](O[C@@]4(C)C2)[C@H]3[C@]1(C)CCC(=O)Nc1c(O)ccc(C(=O)O)c1O. The summed E-state index contributed by atoms with van der Waals surface area (Å²) in [6.45, 7) is 6.64. The number of amides is 1. The van der Waals surface area contributed by atoms with E-state index in [9.17, 15) is 24.9 Å². The molecule has 1 aromatic rings. The molecule has 3 aliphatic carbocycles. The maximum Gasteiger partial charge on any atom is 0.339 e. The van der Waals surface area contributed by atoms with E-state index in [1.165, 1.54) is 0 Å². The number of carboxylic acids is 1. The van der Waals surface area contributed by atoms with Crippen LogP contribution in [0.4, 0.5) is 5.69 Å². The second-order valence-corrected chi connectivity index (χ2v) is 10.8. The van der Waals surface area contributed by atoms with Crippen molar-refractivity contribution in [2.45, 2.75) is 64.6 Å². The Morgan fingerprint density at radius 3 is 2.74 bits per heavy atom. The average molecular weight is 485 g/mol. The highest BCUT2D eigenvalue weighted by atomic mass is 16.6. The first kappa shape index (κ1) is 23.7. The number of hydrogen-bond acceptors (Lipinski definition) is 7. The van der Waals surface area contributed by atoms with Gasteiger partial charge in [-0.15, -0.1) is 0 Å².